The van der Waals surface area contributed by atoms with E-state index in [4.69, 9.17) is 4.74 Å². The molecule has 0 spiro atoms. The molecule has 0 heterocycles. The van der Waals surface area contributed by atoms with E-state index in [-0.39, 0.29) is 0 Å². The van der Waals surface area contributed by atoms with Crippen molar-refractivity contribution in [3.05, 3.63) is 29.8 Å². The molecule has 0 aromatic heterocycles. The van der Waals surface area contributed by atoms with Gasteiger partial charge in [-0.25, -0.2) is 0 Å². The molecule has 90 valence electrons. The Kier molecular flexibility index (Phi) is 5.94. The van der Waals surface area contributed by atoms with Crippen molar-refractivity contribution >= 4 is 0 Å². The monoisotopic (exact) mass is 221 g/mol. The summed E-state index contributed by atoms with van der Waals surface area (Å²) in [4.78, 5) is 0. The van der Waals surface area contributed by atoms with E-state index >= 15 is 0 Å². The predicted octanol–water partition coefficient (Wildman–Crippen LogP) is 3.02. The van der Waals surface area contributed by atoms with Crippen LogP contribution in [0.5, 0.6) is 5.75 Å². The van der Waals surface area contributed by atoms with Crippen molar-refractivity contribution < 1.29 is 4.74 Å². The summed E-state index contributed by atoms with van der Waals surface area (Å²) >= 11 is 0. The lowest BCUT2D eigenvalue weighted by atomic mass is 10.1. The molecule has 1 rings (SSSR count). The fraction of sp³-hybridized carbons (Fsp3) is 0.571. The highest BCUT2D eigenvalue weighted by molar-refractivity contribution is 5.27. The Bertz CT molecular complexity index is 281. The maximum Gasteiger partial charge on any atom is 0.118 e. The predicted molar refractivity (Wildman–Crippen MR) is 69.1 cm³/mol. The van der Waals surface area contributed by atoms with Crippen molar-refractivity contribution in [2.45, 2.75) is 39.2 Å². The first-order valence-corrected chi connectivity index (χ1v) is 6.12. The van der Waals surface area contributed by atoms with E-state index in [0.29, 0.717) is 6.04 Å². The van der Waals surface area contributed by atoms with Gasteiger partial charge in [0.1, 0.15) is 5.75 Å². The van der Waals surface area contributed by atoms with Gasteiger partial charge in [0.05, 0.1) is 7.11 Å². The lowest BCUT2D eigenvalue weighted by Crippen LogP contribution is -2.27. The molecule has 0 aliphatic carbocycles. The standard InChI is InChI=1S/C14H23NO/c1-4-11-15-12(2)5-6-13-7-9-14(16-3)10-8-13/h7-10,12,15H,4-6,11H2,1-3H3. The van der Waals surface area contributed by atoms with E-state index in [1.54, 1.807) is 7.11 Å². The van der Waals surface area contributed by atoms with Crippen molar-refractivity contribution in [1.29, 1.82) is 0 Å². The van der Waals surface area contributed by atoms with Gasteiger partial charge in [-0.2, -0.15) is 0 Å². The SMILES string of the molecule is CCCNC(C)CCc1ccc(OC)cc1. The molecule has 1 atom stereocenters. The van der Waals surface area contributed by atoms with E-state index in [1.165, 1.54) is 18.4 Å². The van der Waals surface area contributed by atoms with Gasteiger partial charge in [-0.05, 0) is 50.4 Å². The fourth-order valence-electron chi connectivity index (χ4n) is 1.67. The summed E-state index contributed by atoms with van der Waals surface area (Å²) in [7, 11) is 1.70. The number of nitrogens with one attached hydrogen (secondary N) is 1. The van der Waals surface area contributed by atoms with E-state index < -0.39 is 0 Å². The highest BCUT2D eigenvalue weighted by Gasteiger charge is 2.01. The van der Waals surface area contributed by atoms with Crippen LogP contribution < -0.4 is 10.1 Å². The van der Waals surface area contributed by atoms with Crippen LogP contribution in [-0.2, 0) is 6.42 Å². The molecule has 0 aliphatic rings. The van der Waals surface area contributed by atoms with Crippen LogP contribution >= 0.6 is 0 Å². The molecule has 1 unspecified atom stereocenters. The van der Waals surface area contributed by atoms with Gasteiger partial charge in [-0.1, -0.05) is 19.1 Å². The second kappa shape index (κ2) is 7.29. The van der Waals surface area contributed by atoms with Crippen LogP contribution in [0.25, 0.3) is 0 Å². The Labute approximate surface area is 99.0 Å². The minimum Gasteiger partial charge on any atom is -0.497 e. The lowest BCUT2D eigenvalue weighted by molar-refractivity contribution is 0.414. The van der Waals surface area contributed by atoms with E-state index in [9.17, 15) is 0 Å². The number of benzene rings is 1. The van der Waals surface area contributed by atoms with Gasteiger partial charge in [-0.15, -0.1) is 0 Å². The maximum absolute atomic E-state index is 5.14. The highest BCUT2D eigenvalue weighted by Crippen LogP contribution is 2.13. The lowest BCUT2D eigenvalue weighted by Gasteiger charge is -2.12. The molecule has 2 heteroatoms. The first-order chi connectivity index (χ1) is 7.76. The Balaban J connectivity index is 2.30. The minimum absolute atomic E-state index is 0.599. The molecule has 0 fully saturated rings. The van der Waals surface area contributed by atoms with Gasteiger partial charge in [0, 0.05) is 6.04 Å². The maximum atomic E-state index is 5.14. The Morgan fingerprint density at radius 2 is 1.94 bits per heavy atom. The first kappa shape index (κ1) is 13.0. The van der Waals surface area contributed by atoms with Crippen molar-refractivity contribution in [3.8, 4) is 5.75 Å². The average Bonchev–Trinajstić information content (AvgIpc) is 2.34. The van der Waals surface area contributed by atoms with Gasteiger partial charge in [0.2, 0.25) is 0 Å². The Hall–Kier alpha value is -1.02. The molecule has 1 aromatic carbocycles. The summed E-state index contributed by atoms with van der Waals surface area (Å²) in [6.07, 6.45) is 3.51. The summed E-state index contributed by atoms with van der Waals surface area (Å²) in [5, 5.41) is 3.50. The zero-order chi connectivity index (χ0) is 11.8. The van der Waals surface area contributed by atoms with Crippen molar-refractivity contribution in [3.63, 3.8) is 0 Å². The third kappa shape index (κ3) is 4.67. The molecule has 16 heavy (non-hydrogen) atoms. The minimum atomic E-state index is 0.599. The summed E-state index contributed by atoms with van der Waals surface area (Å²) in [5.74, 6) is 0.931. The summed E-state index contributed by atoms with van der Waals surface area (Å²) in [6.45, 7) is 5.56. The van der Waals surface area contributed by atoms with E-state index in [0.717, 1.165) is 18.7 Å². The number of rotatable bonds is 7. The second-order valence-electron chi connectivity index (χ2n) is 4.24. The molecule has 1 N–H and O–H groups in total. The molecule has 0 bridgehead atoms. The number of hydrogen-bond acceptors (Lipinski definition) is 2. The molecule has 0 aliphatic heterocycles. The Morgan fingerprint density at radius 1 is 1.25 bits per heavy atom. The molecule has 2 nitrogen and oxygen atoms in total. The highest BCUT2D eigenvalue weighted by atomic mass is 16.5. The van der Waals surface area contributed by atoms with Crippen LogP contribution in [0.3, 0.4) is 0 Å². The summed E-state index contributed by atoms with van der Waals surface area (Å²) in [6, 6.07) is 8.94. The average molecular weight is 221 g/mol. The quantitative estimate of drug-likeness (QED) is 0.764. The van der Waals surface area contributed by atoms with Crippen LogP contribution in [-0.4, -0.2) is 19.7 Å². The van der Waals surface area contributed by atoms with Gasteiger partial charge >= 0.3 is 0 Å². The van der Waals surface area contributed by atoms with Gasteiger partial charge in [-0.3, -0.25) is 0 Å². The van der Waals surface area contributed by atoms with Crippen LogP contribution in [0, 0.1) is 0 Å². The van der Waals surface area contributed by atoms with Gasteiger partial charge in [0.25, 0.3) is 0 Å². The van der Waals surface area contributed by atoms with Crippen molar-refractivity contribution in [2.75, 3.05) is 13.7 Å². The van der Waals surface area contributed by atoms with Gasteiger partial charge in [0.15, 0.2) is 0 Å². The summed E-state index contributed by atoms with van der Waals surface area (Å²) < 4.78 is 5.14. The molecule has 0 saturated carbocycles. The number of hydrogen-bond donors (Lipinski definition) is 1. The van der Waals surface area contributed by atoms with Crippen LogP contribution in [0.1, 0.15) is 32.3 Å². The molecule has 0 radical (unpaired) electrons. The molecule has 0 saturated heterocycles. The van der Waals surface area contributed by atoms with E-state index in [2.05, 4.69) is 31.3 Å². The zero-order valence-corrected chi connectivity index (χ0v) is 10.6. The third-order valence-electron chi connectivity index (χ3n) is 2.77. The van der Waals surface area contributed by atoms with Crippen LogP contribution in [0.15, 0.2) is 24.3 Å². The van der Waals surface area contributed by atoms with Crippen LogP contribution in [0.4, 0.5) is 0 Å². The molecular formula is C14H23NO. The number of methoxy groups -OCH3 is 1. The molecule has 1 aromatic rings. The number of aryl methyl sites for hydroxylation is 1. The third-order valence-corrected chi connectivity index (χ3v) is 2.77. The smallest absolute Gasteiger partial charge is 0.118 e. The fourth-order valence-corrected chi connectivity index (χ4v) is 1.67. The van der Waals surface area contributed by atoms with E-state index in [1.807, 2.05) is 12.1 Å². The largest absolute Gasteiger partial charge is 0.497 e. The molecule has 0 amide bonds. The number of ether oxygens (including phenoxy) is 1. The normalized spacial score (nSPS) is 12.4. The molecular weight excluding hydrogens is 198 g/mol. The van der Waals surface area contributed by atoms with Crippen LogP contribution in [0.2, 0.25) is 0 Å². The zero-order valence-electron chi connectivity index (χ0n) is 10.6. The summed E-state index contributed by atoms with van der Waals surface area (Å²) in [5.41, 5.74) is 1.38. The first-order valence-electron chi connectivity index (χ1n) is 6.12. The van der Waals surface area contributed by atoms with Gasteiger partial charge < -0.3 is 10.1 Å². The van der Waals surface area contributed by atoms with Crippen molar-refractivity contribution in [2.24, 2.45) is 0 Å². The topological polar surface area (TPSA) is 21.3 Å². The Morgan fingerprint density at radius 3 is 2.50 bits per heavy atom. The second-order valence-corrected chi connectivity index (χ2v) is 4.24. The van der Waals surface area contributed by atoms with Crippen molar-refractivity contribution in [1.82, 2.24) is 5.32 Å².